The average molecular weight is 759 g/mol. The van der Waals surface area contributed by atoms with Gasteiger partial charge in [-0.05, 0) is 91.4 Å². The van der Waals surface area contributed by atoms with Crippen molar-refractivity contribution in [2.45, 2.75) is 43.8 Å². The van der Waals surface area contributed by atoms with Gasteiger partial charge in [0.2, 0.25) is 11.8 Å². The molecule has 3 atom stereocenters. The number of amides is 2. The minimum Gasteiger partial charge on any atom is -0.378 e. The summed E-state index contributed by atoms with van der Waals surface area (Å²) in [6.45, 7) is 1.43. The summed E-state index contributed by atoms with van der Waals surface area (Å²) in [4.78, 5) is 51.7. The number of likely N-dealkylation sites (N-methyl/N-ethyl adjacent to an activating group) is 1. The van der Waals surface area contributed by atoms with Crippen molar-refractivity contribution in [1.29, 1.82) is 0 Å². The molecule has 2 fully saturated rings. The molecule has 6 aromatic rings. The van der Waals surface area contributed by atoms with E-state index in [-0.39, 0.29) is 29.9 Å². The van der Waals surface area contributed by atoms with Gasteiger partial charge in [0.1, 0.15) is 17.7 Å². The van der Waals surface area contributed by atoms with E-state index >= 15 is 0 Å². The number of nitrogens with zero attached hydrogens (tertiary/aromatic N) is 6. The molecule has 10 nitrogen and oxygen atoms in total. The largest absolute Gasteiger partial charge is 0.378 e. The van der Waals surface area contributed by atoms with Gasteiger partial charge in [0.25, 0.3) is 0 Å². The summed E-state index contributed by atoms with van der Waals surface area (Å²) in [7, 11) is 7.95. The van der Waals surface area contributed by atoms with E-state index in [4.69, 9.17) is 9.97 Å². The molecule has 290 valence electrons. The smallest absolute Gasteiger partial charge is 0.247 e. The third-order valence-corrected chi connectivity index (χ3v) is 11.3. The lowest BCUT2D eigenvalue weighted by molar-refractivity contribution is -0.137. The van der Waals surface area contributed by atoms with E-state index in [0.717, 1.165) is 94.3 Å². The van der Waals surface area contributed by atoms with Gasteiger partial charge < -0.3 is 24.7 Å². The maximum absolute atomic E-state index is 13.9. The number of H-pyrrole nitrogens is 2. The Kier molecular flexibility index (Phi) is 10.9. The van der Waals surface area contributed by atoms with E-state index in [1.165, 1.54) is 0 Å². The predicted octanol–water partition coefficient (Wildman–Crippen LogP) is 8.54. The second kappa shape index (κ2) is 16.5. The Balaban J connectivity index is 0.904. The van der Waals surface area contributed by atoms with Crippen molar-refractivity contribution in [3.63, 3.8) is 0 Å². The van der Waals surface area contributed by atoms with E-state index in [0.29, 0.717) is 6.54 Å². The fraction of sp³-hybridized carbons (Fsp3) is 0.277. The molecule has 10 heteroatoms. The molecule has 2 N–H and O–H groups in total. The molecule has 4 heterocycles. The van der Waals surface area contributed by atoms with Crippen LogP contribution in [0.2, 0.25) is 0 Å². The van der Waals surface area contributed by atoms with E-state index in [1.807, 2.05) is 104 Å². The Morgan fingerprint density at radius 3 is 1.70 bits per heavy atom. The van der Waals surface area contributed by atoms with Gasteiger partial charge in [-0.25, -0.2) is 9.97 Å². The Labute approximate surface area is 334 Å². The van der Waals surface area contributed by atoms with Crippen molar-refractivity contribution in [2.24, 2.45) is 0 Å². The molecule has 0 bridgehead atoms. The van der Waals surface area contributed by atoms with Crippen LogP contribution in [0.5, 0.6) is 0 Å². The van der Waals surface area contributed by atoms with Crippen LogP contribution < -0.4 is 4.90 Å². The lowest BCUT2D eigenvalue weighted by Gasteiger charge is -2.31. The van der Waals surface area contributed by atoms with Crippen molar-refractivity contribution >= 4 is 23.6 Å². The molecule has 0 aliphatic carbocycles. The molecule has 0 radical (unpaired) electrons. The normalized spacial score (nSPS) is 17.5. The Morgan fingerprint density at radius 1 is 0.667 bits per heavy atom. The van der Waals surface area contributed by atoms with Crippen LogP contribution in [-0.2, 0) is 9.59 Å². The Hall–Kier alpha value is -6.26. The lowest BCUT2D eigenvalue weighted by atomic mass is 10.0. The molecule has 2 amide bonds. The number of aromatic amines is 2. The summed E-state index contributed by atoms with van der Waals surface area (Å²) < 4.78 is 0. The number of aromatic nitrogens is 4. The second-order valence-electron chi connectivity index (χ2n) is 15.5. The van der Waals surface area contributed by atoms with Crippen LogP contribution in [0.1, 0.15) is 66.6 Å². The summed E-state index contributed by atoms with van der Waals surface area (Å²) >= 11 is 0. The SMILES string of the molecule is CN(C)c1ccc(/C=C/C(=O)N2CCC[C@H]2c2ncc(-c3ccc(-c4ccc(-c5cnc([C@@H]6CCCN6C(=O)[C@@H](c6ccccc6)N(C)C)[nH]5)cc4)cc3)[nH]2)cc1. The zero-order valence-electron chi connectivity index (χ0n) is 33.1. The standard InChI is InChI=1S/C47H50N8O2/c1-52(2)38-25-14-32(15-26-38)16-27-43(56)54-28-8-12-41(54)45-48-30-39(50-45)35-21-17-33(18-22-35)34-19-23-36(24-20-34)40-31-49-46(51-40)42-13-9-29-55(42)47(57)44(53(3)4)37-10-6-5-7-11-37/h5-7,10-11,14-27,30-31,41-42,44H,8-9,12-13,28-29H2,1-4H3,(H,48,50)(H,49,51)/b27-16+/t41-,42-,44+/m0/s1. The topological polar surface area (TPSA) is 104 Å². The highest BCUT2D eigenvalue weighted by molar-refractivity contribution is 5.92. The van der Waals surface area contributed by atoms with Crippen molar-refractivity contribution in [1.82, 2.24) is 34.6 Å². The van der Waals surface area contributed by atoms with E-state index in [9.17, 15) is 9.59 Å². The first-order chi connectivity index (χ1) is 27.7. The highest BCUT2D eigenvalue weighted by atomic mass is 16.2. The number of carbonyl (C=O) groups excluding carboxylic acids is 2. The number of hydrogen-bond acceptors (Lipinski definition) is 6. The van der Waals surface area contributed by atoms with Crippen LogP contribution in [0.25, 0.3) is 39.7 Å². The maximum atomic E-state index is 13.9. The van der Waals surface area contributed by atoms with E-state index in [1.54, 1.807) is 6.08 Å². The van der Waals surface area contributed by atoms with Gasteiger partial charge in [-0.2, -0.15) is 0 Å². The quantitative estimate of drug-likeness (QED) is 0.128. The maximum Gasteiger partial charge on any atom is 0.247 e. The summed E-state index contributed by atoms with van der Waals surface area (Å²) in [6.07, 6.45) is 11.0. The number of benzene rings is 4. The molecule has 2 aliphatic rings. The van der Waals surface area contributed by atoms with Crippen LogP contribution in [0, 0.1) is 0 Å². The van der Waals surface area contributed by atoms with Crippen LogP contribution in [0.15, 0.2) is 122 Å². The van der Waals surface area contributed by atoms with Crippen LogP contribution in [-0.4, -0.2) is 87.7 Å². The predicted molar refractivity (Wildman–Crippen MR) is 227 cm³/mol. The first-order valence-corrected chi connectivity index (χ1v) is 19.8. The van der Waals surface area contributed by atoms with Crippen molar-refractivity contribution in [3.8, 4) is 33.6 Å². The summed E-state index contributed by atoms with van der Waals surface area (Å²) in [5.74, 6) is 1.75. The molecule has 57 heavy (non-hydrogen) atoms. The molecular weight excluding hydrogens is 709 g/mol. The highest BCUT2D eigenvalue weighted by Gasteiger charge is 2.37. The minimum atomic E-state index is -0.342. The summed E-state index contributed by atoms with van der Waals surface area (Å²) in [6, 6.07) is 34.6. The van der Waals surface area contributed by atoms with Gasteiger partial charge in [-0.1, -0.05) is 91.0 Å². The van der Waals surface area contributed by atoms with Crippen LogP contribution in [0.4, 0.5) is 5.69 Å². The minimum absolute atomic E-state index is 0.000239. The number of likely N-dealkylation sites (tertiary alicyclic amines) is 2. The molecule has 0 saturated carbocycles. The number of imidazole rings is 2. The van der Waals surface area contributed by atoms with E-state index in [2.05, 4.69) is 75.5 Å². The summed E-state index contributed by atoms with van der Waals surface area (Å²) in [5.41, 5.74) is 9.28. The molecule has 2 aromatic heterocycles. The number of carbonyl (C=O) groups is 2. The lowest BCUT2D eigenvalue weighted by Crippen LogP contribution is -2.40. The van der Waals surface area contributed by atoms with Crippen LogP contribution in [0.3, 0.4) is 0 Å². The highest BCUT2D eigenvalue weighted by Crippen LogP contribution is 2.36. The van der Waals surface area contributed by atoms with Crippen molar-refractivity contribution < 1.29 is 9.59 Å². The molecule has 2 aliphatic heterocycles. The van der Waals surface area contributed by atoms with Gasteiger partial charge in [0, 0.05) is 38.9 Å². The van der Waals surface area contributed by atoms with Gasteiger partial charge in [0.15, 0.2) is 0 Å². The zero-order valence-corrected chi connectivity index (χ0v) is 33.1. The first kappa shape index (κ1) is 37.7. The third-order valence-electron chi connectivity index (χ3n) is 11.3. The monoisotopic (exact) mass is 758 g/mol. The fourth-order valence-corrected chi connectivity index (χ4v) is 8.22. The third kappa shape index (κ3) is 8.04. The molecule has 0 unspecified atom stereocenters. The van der Waals surface area contributed by atoms with Gasteiger partial charge in [-0.15, -0.1) is 0 Å². The molecule has 8 rings (SSSR count). The van der Waals surface area contributed by atoms with Crippen molar-refractivity contribution in [3.05, 3.63) is 144 Å². The van der Waals surface area contributed by atoms with Gasteiger partial charge >= 0.3 is 0 Å². The van der Waals surface area contributed by atoms with Gasteiger partial charge in [0.05, 0.1) is 35.9 Å². The fourth-order valence-electron chi connectivity index (χ4n) is 8.22. The molecule has 0 spiro atoms. The summed E-state index contributed by atoms with van der Waals surface area (Å²) in [5, 5.41) is 0. The molecule has 4 aromatic carbocycles. The zero-order chi connectivity index (χ0) is 39.5. The molecule has 2 saturated heterocycles. The number of rotatable bonds is 11. The first-order valence-electron chi connectivity index (χ1n) is 19.8. The number of anilines is 1. The van der Waals surface area contributed by atoms with Crippen LogP contribution >= 0.6 is 0 Å². The second-order valence-corrected chi connectivity index (χ2v) is 15.5. The molecular formula is C47H50N8O2. The average Bonchev–Trinajstić information content (AvgIpc) is 4.08. The Bertz CT molecular complexity index is 2330. The van der Waals surface area contributed by atoms with Crippen molar-refractivity contribution in [2.75, 3.05) is 46.2 Å². The Morgan fingerprint density at radius 2 is 1.18 bits per heavy atom. The van der Waals surface area contributed by atoms with E-state index < -0.39 is 0 Å². The number of nitrogens with one attached hydrogen (secondary N) is 2. The van der Waals surface area contributed by atoms with Gasteiger partial charge in [-0.3, -0.25) is 14.5 Å². The number of hydrogen-bond donors (Lipinski definition) is 2.